The zero-order valence-electron chi connectivity index (χ0n) is 12.6. The number of hydrogen-bond donors (Lipinski definition) is 2. The molecule has 3 N–H and O–H groups in total. The maximum Gasteiger partial charge on any atom is 0.0681 e. The molecule has 3 heteroatoms. The van der Waals surface area contributed by atoms with Gasteiger partial charge in [0.1, 0.15) is 0 Å². The number of aliphatic hydroxyl groups excluding tert-OH is 1. The fourth-order valence-corrected chi connectivity index (χ4v) is 2.31. The molecule has 0 radical (unpaired) electrons. The number of aliphatic hydroxyl groups is 1. The van der Waals surface area contributed by atoms with E-state index in [-0.39, 0.29) is 6.61 Å². The van der Waals surface area contributed by atoms with Crippen LogP contribution < -0.4 is 10.6 Å². The molecule has 2 aromatic rings. The first-order valence-corrected chi connectivity index (χ1v) is 7.43. The third-order valence-electron chi connectivity index (χ3n) is 3.61. The number of nitrogens with zero attached hydrogens (tertiary/aromatic N) is 1. The number of nitrogens with two attached hydrogens (primary N) is 1. The molecule has 0 atom stereocenters. The van der Waals surface area contributed by atoms with Crippen molar-refractivity contribution in [3.05, 3.63) is 65.2 Å². The molecule has 112 valence electrons. The van der Waals surface area contributed by atoms with Gasteiger partial charge in [0, 0.05) is 18.8 Å². The highest BCUT2D eigenvalue weighted by Gasteiger charge is 2.07. The molecule has 0 bridgehead atoms. The van der Waals surface area contributed by atoms with E-state index in [9.17, 15) is 0 Å². The van der Waals surface area contributed by atoms with E-state index in [2.05, 4.69) is 48.2 Å². The van der Waals surface area contributed by atoms with Crippen LogP contribution in [-0.2, 0) is 13.2 Å². The van der Waals surface area contributed by atoms with Crippen LogP contribution in [0, 0.1) is 6.92 Å². The van der Waals surface area contributed by atoms with Crippen LogP contribution in [0.2, 0.25) is 0 Å². The molecule has 0 spiro atoms. The van der Waals surface area contributed by atoms with E-state index in [1.165, 1.54) is 16.8 Å². The summed E-state index contributed by atoms with van der Waals surface area (Å²) in [5.41, 5.74) is 10.3. The standard InChI is InChI=1S/C18H24N2O/c1-15-3-9-18(10-4-15)20(12-2-11-19)13-16-5-7-17(14-21)8-6-16/h3-10,21H,2,11-14,19H2,1H3. The summed E-state index contributed by atoms with van der Waals surface area (Å²) < 4.78 is 0. The van der Waals surface area contributed by atoms with Gasteiger partial charge in [0.25, 0.3) is 0 Å². The highest BCUT2D eigenvalue weighted by atomic mass is 16.3. The van der Waals surface area contributed by atoms with Gasteiger partial charge in [-0.2, -0.15) is 0 Å². The summed E-state index contributed by atoms with van der Waals surface area (Å²) >= 11 is 0. The minimum Gasteiger partial charge on any atom is -0.392 e. The second-order valence-electron chi connectivity index (χ2n) is 5.37. The van der Waals surface area contributed by atoms with Crippen LogP contribution in [0.5, 0.6) is 0 Å². The largest absolute Gasteiger partial charge is 0.392 e. The molecule has 0 aromatic heterocycles. The van der Waals surface area contributed by atoms with Gasteiger partial charge in [0.2, 0.25) is 0 Å². The second kappa shape index (κ2) is 7.81. The maximum atomic E-state index is 9.11. The monoisotopic (exact) mass is 284 g/mol. The predicted molar refractivity (Wildman–Crippen MR) is 88.3 cm³/mol. The van der Waals surface area contributed by atoms with Crippen molar-refractivity contribution in [2.24, 2.45) is 5.73 Å². The SMILES string of the molecule is Cc1ccc(N(CCCN)Cc2ccc(CO)cc2)cc1. The van der Waals surface area contributed by atoms with E-state index in [4.69, 9.17) is 10.8 Å². The number of rotatable bonds is 7. The number of hydrogen-bond acceptors (Lipinski definition) is 3. The summed E-state index contributed by atoms with van der Waals surface area (Å²) in [6.45, 7) is 4.69. The van der Waals surface area contributed by atoms with Gasteiger partial charge in [-0.05, 0) is 43.1 Å². The summed E-state index contributed by atoms with van der Waals surface area (Å²) in [5, 5.41) is 9.11. The summed E-state index contributed by atoms with van der Waals surface area (Å²) in [7, 11) is 0. The minimum absolute atomic E-state index is 0.0924. The molecular weight excluding hydrogens is 260 g/mol. The topological polar surface area (TPSA) is 49.5 Å². The fourth-order valence-electron chi connectivity index (χ4n) is 2.31. The minimum atomic E-state index is 0.0924. The average molecular weight is 284 g/mol. The Hall–Kier alpha value is -1.84. The van der Waals surface area contributed by atoms with E-state index in [1.54, 1.807) is 0 Å². The zero-order valence-corrected chi connectivity index (χ0v) is 12.6. The molecule has 0 saturated carbocycles. The van der Waals surface area contributed by atoms with Crippen LogP contribution in [0.3, 0.4) is 0 Å². The normalized spacial score (nSPS) is 10.6. The van der Waals surface area contributed by atoms with Crippen LogP contribution in [-0.4, -0.2) is 18.2 Å². The molecule has 2 aromatic carbocycles. The third-order valence-corrected chi connectivity index (χ3v) is 3.61. The lowest BCUT2D eigenvalue weighted by Crippen LogP contribution is -2.25. The quantitative estimate of drug-likeness (QED) is 0.822. The van der Waals surface area contributed by atoms with E-state index in [0.717, 1.165) is 25.1 Å². The third kappa shape index (κ3) is 4.59. The lowest BCUT2D eigenvalue weighted by molar-refractivity contribution is 0.282. The molecule has 0 unspecified atom stereocenters. The number of aryl methyl sites for hydroxylation is 1. The van der Waals surface area contributed by atoms with Gasteiger partial charge in [-0.25, -0.2) is 0 Å². The van der Waals surface area contributed by atoms with E-state index >= 15 is 0 Å². The van der Waals surface area contributed by atoms with Crippen molar-refractivity contribution < 1.29 is 5.11 Å². The van der Waals surface area contributed by atoms with Gasteiger partial charge >= 0.3 is 0 Å². The van der Waals surface area contributed by atoms with E-state index in [0.29, 0.717) is 6.54 Å². The molecule has 2 rings (SSSR count). The Labute approximate surface area is 127 Å². The maximum absolute atomic E-state index is 9.11. The Kier molecular flexibility index (Phi) is 5.78. The number of benzene rings is 2. The van der Waals surface area contributed by atoms with Crippen LogP contribution in [0.1, 0.15) is 23.1 Å². The van der Waals surface area contributed by atoms with Gasteiger partial charge in [-0.1, -0.05) is 42.0 Å². The van der Waals surface area contributed by atoms with Crippen molar-refractivity contribution in [1.82, 2.24) is 0 Å². The lowest BCUT2D eigenvalue weighted by atomic mass is 10.1. The van der Waals surface area contributed by atoms with Crippen LogP contribution in [0.25, 0.3) is 0 Å². The molecule has 0 aliphatic carbocycles. The van der Waals surface area contributed by atoms with Crippen molar-refractivity contribution in [3.63, 3.8) is 0 Å². The van der Waals surface area contributed by atoms with Crippen LogP contribution in [0.15, 0.2) is 48.5 Å². The van der Waals surface area contributed by atoms with E-state index in [1.807, 2.05) is 12.1 Å². The van der Waals surface area contributed by atoms with Crippen LogP contribution in [0.4, 0.5) is 5.69 Å². The fraction of sp³-hybridized carbons (Fsp3) is 0.333. The Morgan fingerprint density at radius 1 is 0.952 bits per heavy atom. The van der Waals surface area contributed by atoms with Gasteiger partial charge in [-0.15, -0.1) is 0 Å². The molecule has 21 heavy (non-hydrogen) atoms. The Morgan fingerprint density at radius 2 is 1.57 bits per heavy atom. The lowest BCUT2D eigenvalue weighted by Gasteiger charge is -2.25. The molecule has 3 nitrogen and oxygen atoms in total. The highest BCUT2D eigenvalue weighted by molar-refractivity contribution is 5.48. The summed E-state index contributed by atoms with van der Waals surface area (Å²) in [6.07, 6.45) is 0.975. The summed E-state index contributed by atoms with van der Waals surface area (Å²) in [4.78, 5) is 2.35. The predicted octanol–water partition coefficient (Wildman–Crippen LogP) is 2.84. The molecular formula is C18H24N2O. The van der Waals surface area contributed by atoms with Crippen molar-refractivity contribution in [1.29, 1.82) is 0 Å². The molecule has 0 amide bonds. The van der Waals surface area contributed by atoms with Gasteiger partial charge < -0.3 is 15.7 Å². The smallest absolute Gasteiger partial charge is 0.0681 e. The molecule has 0 aliphatic rings. The van der Waals surface area contributed by atoms with Gasteiger partial charge in [0.15, 0.2) is 0 Å². The van der Waals surface area contributed by atoms with Crippen molar-refractivity contribution in [3.8, 4) is 0 Å². The van der Waals surface area contributed by atoms with E-state index < -0.39 is 0 Å². The van der Waals surface area contributed by atoms with Gasteiger partial charge in [-0.3, -0.25) is 0 Å². The number of anilines is 1. The first kappa shape index (κ1) is 15.5. The molecule has 0 aliphatic heterocycles. The van der Waals surface area contributed by atoms with Crippen molar-refractivity contribution in [2.75, 3.05) is 18.0 Å². The first-order valence-electron chi connectivity index (χ1n) is 7.43. The Morgan fingerprint density at radius 3 is 2.14 bits per heavy atom. The molecule has 0 heterocycles. The van der Waals surface area contributed by atoms with Gasteiger partial charge in [0.05, 0.1) is 6.61 Å². The van der Waals surface area contributed by atoms with Crippen molar-refractivity contribution in [2.45, 2.75) is 26.5 Å². The summed E-state index contributed by atoms with van der Waals surface area (Å²) in [5.74, 6) is 0. The Bertz CT molecular complexity index is 534. The molecule has 0 saturated heterocycles. The zero-order chi connectivity index (χ0) is 15.1. The second-order valence-corrected chi connectivity index (χ2v) is 5.37. The highest BCUT2D eigenvalue weighted by Crippen LogP contribution is 2.18. The summed E-state index contributed by atoms with van der Waals surface area (Å²) in [6, 6.07) is 16.7. The van der Waals surface area contributed by atoms with Crippen LogP contribution >= 0.6 is 0 Å². The molecule has 0 fully saturated rings. The average Bonchev–Trinajstić information content (AvgIpc) is 2.53. The van der Waals surface area contributed by atoms with Crippen molar-refractivity contribution >= 4 is 5.69 Å². The Balaban J connectivity index is 2.13. The first-order chi connectivity index (χ1) is 10.2.